The van der Waals surface area contributed by atoms with Crippen molar-refractivity contribution < 1.29 is 13.3 Å². The van der Waals surface area contributed by atoms with Crippen LogP contribution < -0.4 is 10.2 Å². The Morgan fingerprint density at radius 3 is 2.74 bits per heavy atom. The van der Waals surface area contributed by atoms with E-state index in [9.17, 15) is 13.4 Å². The average Bonchev–Trinajstić information content (AvgIpc) is 2.49. The molecule has 0 aliphatic heterocycles. The maximum Gasteiger partial charge on any atom is 0.223 e. The summed E-state index contributed by atoms with van der Waals surface area (Å²) in [6.45, 7) is 2.42. The SMILES string of the molecule is CCCOc1c[nH]c(CS(=O)Cc2ccc(Br)cc2F)cc1=O. The van der Waals surface area contributed by atoms with E-state index in [2.05, 4.69) is 20.9 Å². The van der Waals surface area contributed by atoms with Gasteiger partial charge in [0.15, 0.2) is 5.75 Å². The largest absolute Gasteiger partial charge is 0.488 e. The Kier molecular flexibility index (Phi) is 6.53. The number of aromatic amines is 1. The normalized spacial score (nSPS) is 12.1. The molecule has 0 aliphatic carbocycles. The molecule has 2 aromatic rings. The molecular formula is C16H17BrFNO3S. The maximum atomic E-state index is 13.7. The molecule has 23 heavy (non-hydrogen) atoms. The van der Waals surface area contributed by atoms with E-state index in [1.165, 1.54) is 18.3 Å². The van der Waals surface area contributed by atoms with Gasteiger partial charge >= 0.3 is 0 Å². The quantitative estimate of drug-likeness (QED) is 0.771. The fraction of sp³-hybridized carbons (Fsp3) is 0.312. The molecule has 0 saturated carbocycles. The van der Waals surface area contributed by atoms with E-state index >= 15 is 0 Å². The molecule has 1 aromatic carbocycles. The molecule has 0 amide bonds. The zero-order valence-corrected chi connectivity index (χ0v) is 15.0. The lowest BCUT2D eigenvalue weighted by Crippen LogP contribution is -2.11. The summed E-state index contributed by atoms with van der Waals surface area (Å²) in [6.07, 6.45) is 2.29. The van der Waals surface area contributed by atoms with Crippen molar-refractivity contribution in [3.8, 4) is 5.75 Å². The minimum atomic E-state index is -1.33. The van der Waals surface area contributed by atoms with Crippen molar-refractivity contribution in [2.75, 3.05) is 6.61 Å². The molecule has 1 atom stereocenters. The van der Waals surface area contributed by atoms with E-state index in [1.54, 1.807) is 12.1 Å². The molecule has 0 aliphatic rings. The molecule has 0 spiro atoms. The third-order valence-corrected chi connectivity index (χ3v) is 4.81. The van der Waals surface area contributed by atoms with Crippen LogP contribution in [-0.2, 0) is 22.3 Å². The second-order valence-electron chi connectivity index (χ2n) is 5.00. The Balaban J connectivity index is 2.02. The number of ether oxygens (including phenoxy) is 1. The molecule has 7 heteroatoms. The van der Waals surface area contributed by atoms with Gasteiger partial charge in [-0.05, 0) is 18.6 Å². The van der Waals surface area contributed by atoms with E-state index in [0.717, 1.165) is 6.42 Å². The number of H-pyrrole nitrogens is 1. The summed E-state index contributed by atoms with van der Waals surface area (Å²) in [5.74, 6) is 0.0958. The van der Waals surface area contributed by atoms with E-state index in [1.807, 2.05) is 6.92 Å². The number of hydrogen-bond donors (Lipinski definition) is 1. The molecule has 4 nitrogen and oxygen atoms in total. The van der Waals surface area contributed by atoms with Crippen molar-refractivity contribution in [1.29, 1.82) is 0 Å². The third-order valence-electron chi connectivity index (χ3n) is 3.05. The van der Waals surface area contributed by atoms with Gasteiger partial charge in [-0.1, -0.05) is 28.9 Å². The highest BCUT2D eigenvalue weighted by Crippen LogP contribution is 2.17. The summed E-state index contributed by atoms with van der Waals surface area (Å²) in [5.41, 5.74) is 0.672. The molecule has 0 bridgehead atoms. The van der Waals surface area contributed by atoms with Crippen LogP contribution in [0.3, 0.4) is 0 Å². The van der Waals surface area contributed by atoms with Crippen LogP contribution in [0, 0.1) is 5.82 Å². The monoisotopic (exact) mass is 401 g/mol. The molecule has 0 fully saturated rings. The van der Waals surface area contributed by atoms with Gasteiger partial charge in [0, 0.05) is 38.8 Å². The summed E-state index contributed by atoms with van der Waals surface area (Å²) in [5, 5.41) is 0. The smallest absolute Gasteiger partial charge is 0.223 e. The summed E-state index contributed by atoms with van der Waals surface area (Å²) < 4.78 is 31.8. The molecule has 124 valence electrons. The van der Waals surface area contributed by atoms with Gasteiger partial charge in [-0.3, -0.25) is 9.00 Å². The number of rotatable bonds is 7. The molecule has 1 N–H and O–H groups in total. The van der Waals surface area contributed by atoms with Crippen molar-refractivity contribution in [3.63, 3.8) is 0 Å². The van der Waals surface area contributed by atoms with Crippen molar-refractivity contribution in [2.24, 2.45) is 0 Å². The first-order chi connectivity index (χ1) is 11.0. The topological polar surface area (TPSA) is 59.2 Å². The van der Waals surface area contributed by atoms with Crippen molar-refractivity contribution >= 4 is 26.7 Å². The first-order valence-electron chi connectivity index (χ1n) is 7.13. The van der Waals surface area contributed by atoms with Crippen molar-refractivity contribution in [2.45, 2.75) is 24.9 Å². The fourth-order valence-corrected chi connectivity index (χ4v) is 3.47. The lowest BCUT2D eigenvalue weighted by Gasteiger charge is -2.07. The third kappa shape index (κ3) is 5.28. The molecule has 1 heterocycles. The summed E-state index contributed by atoms with van der Waals surface area (Å²) in [7, 11) is -1.33. The number of benzene rings is 1. The Bertz CT molecular complexity index is 763. The summed E-state index contributed by atoms with van der Waals surface area (Å²) in [6, 6.07) is 6.02. The minimum Gasteiger partial charge on any atom is -0.488 e. The molecular weight excluding hydrogens is 385 g/mol. The van der Waals surface area contributed by atoms with Gasteiger partial charge in [0.2, 0.25) is 5.43 Å². The molecule has 2 rings (SSSR count). The van der Waals surface area contributed by atoms with Gasteiger partial charge in [-0.15, -0.1) is 0 Å². The lowest BCUT2D eigenvalue weighted by atomic mass is 10.2. The Hall–Kier alpha value is -1.47. The number of aromatic nitrogens is 1. The number of halogens is 2. The molecule has 1 aromatic heterocycles. The summed E-state index contributed by atoms with van der Waals surface area (Å²) >= 11 is 3.18. The molecule has 0 radical (unpaired) electrons. The van der Waals surface area contributed by atoms with Crippen LogP contribution >= 0.6 is 15.9 Å². The van der Waals surface area contributed by atoms with Gasteiger partial charge in [-0.25, -0.2) is 4.39 Å². The Labute approximate surface area is 144 Å². The zero-order valence-electron chi connectivity index (χ0n) is 12.6. The van der Waals surface area contributed by atoms with E-state index in [-0.39, 0.29) is 22.7 Å². The standard InChI is InChI=1S/C16H17BrFNO3S/c1-2-5-22-16-8-19-13(7-15(16)20)10-23(21)9-11-3-4-12(17)6-14(11)18/h3-4,6-8H,2,5,9-10H2,1H3,(H,19,20). The van der Waals surface area contributed by atoms with E-state index < -0.39 is 16.6 Å². The van der Waals surface area contributed by atoms with Crippen molar-refractivity contribution in [1.82, 2.24) is 4.98 Å². The van der Waals surface area contributed by atoms with Gasteiger partial charge in [0.25, 0.3) is 0 Å². The van der Waals surface area contributed by atoms with Crippen molar-refractivity contribution in [3.05, 3.63) is 62.2 Å². The van der Waals surface area contributed by atoms with Crippen LogP contribution in [0.5, 0.6) is 5.75 Å². The van der Waals surface area contributed by atoms with Crippen LogP contribution in [-0.4, -0.2) is 15.8 Å². The Morgan fingerprint density at radius 2 is 2.09 bits per heavy atom. The van der Waals surface area contributed by atoms with Crippen LogP contribution in [0.4, 0.5) is 4.39 Å². The highest BCUT2D eigenvalue weighted by molar-refractivity contribution is 9.10. The first-order valence-corrected chi connectivity index (χ1v) is 9.41. The number of hydrogen-bond acceptors (Lipinski definition) is 3. The minimum absolute atomic E-state index is 0.0925. The lowest BCUT2D eigenvalue weighted by molar-refractivity contribution is 0.313. The first kappa shape index (κ1) is 17.9. The predicted octanol–water partition coefficient (Wildman–Crippen LogP) is 3.51. The molecule has 0 saturated heterocycles. The van der Waals surface area contributed by atoms with Gasteiger partial charge in [-0.2, -0.15) is 0 Å². The Morgan fingerprint density at radius 1 is 1.30 bits per heavy atom. The highest BCUT2D eigenvalue weighted by atomic mass is 79.9. The number of nitrogens with one attached hydrogen (secondary N) is 1. The average molecular weight is 402 g/mol. The predicted molar refractivity (Wildman–Crippen MR) is 92.5 cm³/mol. The molecule has 1 unspecified atom stereocenters. The second-order valence-corrected chi connectivity index (χ2v) is 7.37. The van der Waals surface area contributed by atoms with Crippen LogP contribution in [0.15, 0.2) is 39.7 Å². The van der Waals surface area contributed by atoms with Gasteiger partial charge in [0.1, 0.15) is 5.82 Å². The van der Waals surface area contributed by atoms with E-state index in [0.29, 0.717) is 22.3 Å². The maximum absolute atomic E-state index is 13.7. The summed E-state index contributed by atoms with van der Waals surface area (Å²) in [4.78, 5) is 14.8. The van der Waals surface area contributed by atoms with Crippen LogP contribution in [0.2, 0.25) is 0 Å². The van der Waals surface area contributed by atoms with Gasteiger partial charge in [0.05, 0.1) is 18.1 Å². The van der Waals surface area contributed by atoms with E-state index in [4.69, 9.17) is 4.74 Å². The fourth-order valence-electron chi connectivity index (χ4n) is 1.95. The van der Waals surface area contributed by atoms with Crippen LogP contribution in [0.1, 0.15) is 24.6 Å². The second kappa shape index (κ2) is 8.40. The number of pyridine rings is 1. The highest BCUT2D eigenvalue weighted by Gasteiger charge is 2.10. The zero-order chi connectivity index (χ0) is 16.8. The van der Waals surface area contributed by atoms with Crippen LogP contribution in [0.25, 0.3) is 0 Å². The van der Waals surface area contributed by atoms with Gasteiger partial charge < -0.3 is 9.72 Å².